The highest BCUT2D eigenvalue weighted by Gasteiger charge is 2.29. The molecule has 0 N–H and O–H groups in total. The van der Waals surface area contributed by atoms with Crippen molar-refractivity contribution in [1.82, 2.24) is 4.98 Å². The number of alkyl halides is 2. The number of hydrogen-bond donors (Lipinski definition) is 0. The molecule has 0 unspecified atom stereocenters. The summed E-state index contributed by atoms with van der Waals surface area (Å²) in [5.74, 6) is -0.792. The first-order chi connectivity index (χ1) is 8.38. The monoisotopic (exact) mass is 324 g/mol. The molecule has 0 saturated carbocycles. The van der Waals surface area contributed by atoms with E-state index in [4.69, 9.17) is 0 Å². The molecule has 1 aromatic rings. The van der Waals surface area contributed by atoms with Crippen LogP contribution in [0.5, 0.6) is 0 Å². The second-order valence-corrected chi connectivity index (χ2v) is 3.89. The number of hydrogen-bond acceptors (Lipinski definition) is 5. The molecule has 1 rings (SSSR count). The van der Waals surface area contributed by atoms with E-state index >= 15 is 0 Å². The Morgan fingerprint density at radius 1 is 1.67 bits per heavy atom. The van der Waals surface area contributed by atoms with Crippen molar-refractivity contribution in [2.24, 2.45) is 0 Å². The van der Waals surface area contributed by atoms with E-state index in [1.807, 2.05) is 0 Å². The van der Waals surface area contributed by atoms with Gasteiger partial charge in [-0.15, -0.1) is 0 Å². The molecule has 18 heavy (non-hydrogen) atoms. The van der Waals surface area contributed by atoms with Gasteiger partial charge in [0.25, 0.3) is 12.1 Å². The second kappa shape index (κ2) is 5.80. The van der Waals surface area contributed by atoms with Crippen LogP contribution in [0.25, 0.3) is 0 Å². The number of rotatable bonds is 4. The van der Waals surface area contributed by atoms with Crippen molar-refractivity contribution in [3.63, 3.8) is 0 Å². The predicted octanol–water partition coefficient (Wildman–Crippen LogP) is 2.41. The van der Waals surface area contributed by atoms with E-state index < -0.39 is 35.0 Å². The molecule has 0 saturated heterocycles. The molecule has 0 aliphatic heterocycles. The average molecular weight is 325 g/mol. The Bertz CT molecular complexity index is 496. The molecule has 6 nitrogen and oxygen atoms in total. The minimum absolute atomic E-state index is 0.0474. The summed E-state index contributed by atoms with van der Waals surface area (Å²) in [6, 6.07) is 0. The molecule has 0 bridgehead atoms. The summed E-state index contributed by atoms with van der Waals surface area (Å²) in [5, 5.41) is 10.6. The molecular weight excluding hydrogens is 318 g/mol. The Labute approximate surface area is 108 Å². The first kappa shape index (κ1) is 14.4. The van der Waals surface area contributed by atoms with Crippen LogP contribution in [0.4, 0.5) is 14.5 Å². The van der Waals surface area contributed by atoms with E-state index in [2.05, 4.69) is 25.7 Å². The number of nitrogens with zero attached hydrogens (tertiary/aromatic N) is 2. The van der Waals surface area contributed by atoms with E-state index in [0.717, 1.165) is 7.11 Å². The fraction of sp³-hybridized carbons (Fsp3) is 0.333. The minimum atomic E-state index is -3.09. The van der Waals surface area contributed by atoms with Crippen molar-refractivity contribution in [1.29, 1.82) is 0 Å². The Morgan fingerprint density at radius 2 is 2.28 bits per heavy atom. The summed E-state index contributed by atoms with van der Waals surface area (Å²) >= 11 is 2.88. The fourth-order valence-corrected chi connectivity index (χ4v) is 1.76. The van der Waals surface area contributed by atoms with Crippen molar-refractivity contribution < 1.29 is 23.2 Å². The first-order valence-electron chi connectivity index (χ1n) is 4.55. The molecule has 0 aromatic carbocycles. The molecule has 0 atom stereocenters. The van der Waals surface area contributed by atoms with Crippen molar-refractivity contribution in [2.75, 3.05) is 7.11 Å². The van der Waals surface area contributed by atoms with Gasteiger partial charge in [-0.25, -0.2) is 13.8 Å². The Kier molecular flexibility index (Phi) is 4.65. The van der Waals surface area contributed by atoms with Crippen LogP contribution in [-0.2, 0) is 16.0 Å². The molecule has 1 aromatic heterocycles. The Hall–Kier alpha value is -1.64. The SMILES string of the molecule is COC(=O)Cc1c(Br)ncc([N+](=O)[O-])c1C(F)F. The van der Waals surface area contributed by atoms with Crippen molar-refractivity contribution in [2.45, 2.75) is 12.8 Å². The van der Waals surface area contributed by atoms with E-state index in [0.29, 0.717) is 6.20 Å². The standard InChI is InChI=1S/C9H7BrF2N2O4/c1-18-6(15)2-4-7(9(11)12)5(14(16)17)3-13-8(4)10/h3,9H,2H2,1H3. The van der Waals surface area contributed by atoms with Crippen LogP contribution in [-0.4, -0.2) is 23.0 Å². The van der Waals surface area contributed by atoms with Crippen molar-refractivity contribution in [3.05, 3.63) is 32.0 Å². The number of pyridine rings is 1. The molecular formula is C9H7BrF2N2O4. The third kappa shape index (κ3) is 2.97. The molecule has 0 aliphatic rings. The average Bonchev–Trinajstić information content (AvgIpc) is 2.30. The third-order valence-electron chi connectivity index (χ3n) is 2.11. The zero-order valence-electron chi connectivity index (χ0n) is 9.02. The summed E-state index contributed by atoms with van der Waals surface area (Å²) in [6.07, 6.45) is -2.90. The maximum atomic E-state index is 12.9. The molecule has 0 amide bonds. The van der Waals surface area contributed by atoms with Crippen LogP contribution in [0.2, 0.25) is 0 Å². The summed E-state index contributed by atoms with van der Waals surface area (Å²) in [7, 11) is 1.09. The lowest BCUT2D eigenvalue weighted by atomic mass is 10.1. The van der Waals surface area contributed by atoms with Crippen LogP contribution in [0.3, 0.4) is 0 Å². The first-order valence-corrected chi connectivity index (χ1v) is 5.34. The molecule has 0 radical (unpaired) electrons. The lowest BCUT2D eigenvalue weighted by molar-refractivity contribution is -0.386. The van der Waals surface area contributed by atoms with Crippen LogP contribution >= 0.6 is 15.9 Å². The number of carbonyl (C=O) groups is 1. The highest BCUT2D eigenvalue weighted by molar-refractivity contribution is 9.10. The lowest BCUT2D eigenvalue weighted by Gasteiger charge is -2.09. The Morgan fingerprint density at radius 3 is 2.72 bits per heavy atom. The number of aromatic nitrogens is 1. The van der Waals surface area contributed by atoms with Gasteiger partial charge in [0, 0.05) is 5.56 Å². The summed E-state index contributed by atoms with van der Waals surface area (Å²) < 4.78 is 30.0. The highest BCUT2D eigenvalue weighted by Crippen LogP contribution is 2.35. The van der Waals surface area contributed by atoms with E-state index in [1.54, 1.807) is 0 Å². The van der Waals surface area contributed by atoms with E-state index in [9.17, 15) is 23.7 Å². The molecule has 98 valence electrons. The lowest BCUT2D eigenvalue weighted by Crippen LogP contribution is -2.10. The van der Waals surface area contributed by atoms with Crippen LogP contribution in [0.15, 0.2) is 10.8 Å². The van der Waals surface area contributed by atoms with Gasteiger partial charge in [0.05, 0.1) is 18.5 Å². The van der Waals surface area contributed by atoms with Gasteiger partial charge in [-0.2, -0.15) is 0 Å². The van der Waals surface area contributed by atoms with Gasteiger partial charge in [-0.1, -0.05) is 0 Å². The zero-order valence-corrected chi connectivity index (χ0v) is 10.6. The van der Waals surface area contributed by atoms with E-state index in [1.165, 1.54) is 0 Å². The zero-order chi connectivity index (χ0) is 13.9. The molecule has 0 spiro atoms. The van der Waals surface area contributed by atoms with Gasteiger partial charge >= 0.3 is 5.97 Å². The highest BCUT2D eigenvalue weighted by atomic mass is 79.9. The van der Waals surface area contributed by atoms with Gasteiger partial charge in [0.1, 0.15) is 16.4 Å². The van der Waals surface area contributed by atoms with E-state index in [-0.39, 0.29) is 10.2 Å². The molecule has 1 heterocycles. The van der Waals surface area contributed by atoms with Crippen LogP contribution < -0.4 is 0 Å². The normalized spacial score (nSPS) is 10.5. The number of methoxy groups -OCH3 is 1. The maximum Gasteiger partial charge on any atom is 0.310 e. The number of carbonyl (C=O) groups excluding carboxylic acids is 1. The van der Waals surface area contributed by atoms with Gasteiger partial charge in [0.2, 0.25) is 0 Å². The maximum absolute atomic E-state index is 12.9. The van der Waals surface area contributed by atoms with Gasteiger partial charge in [-0.05, 0) is 15.9 Å². The Balaban J connectivity index is 3.41. The third-order valence-corrected chi connectivity index (χ3v) is 2.80. The van der Waals surface area contributed by atoms with Gasteiger partial charge in [0.15, 0.2) is 0 Å². The topological polar surface area (TPSA) is 82.3 Å². The van der Waals surface area contributed by atoms with Crippen LogP contribution in [0.1, 0.15) is 17.6 Å². The number of nitro groups is 1. The molecule has 0 fully saturated rings. The fourth-order valence-electron chi connectivity index (χ4n) is 1.30. The second-order valence-electron chi connectivity index (χ2n) is 3.14. The molecule has 0 aliphatic carbocycles. The van der Waals surface area contributed by atoms with Crippen molar-refractivity contribution >= 4 is 27.6 Å². The predicted molar refractivity (Wildman–Crippen MR) is 59.3 cm³/mol. The van der Waals surface area contributed by atoms with Gasteiger partial charge < -0.3 is 4.74 Å². The summed E-state index contributed by atoms with van der Waals surface area (Å²) in [6.45, 7) is 0. The summed E-state index contributed by atoms with van der Waals surface area (Å²) in [5.41, 5.74) is -1.90. The van der Waals surface area contributed by atoms with Gasteiger partial charge in [-0.3, -0.25) is 14.9 Å². The number of ether oxygens (including phenoxy) is 1. The summed E-state index contributed by atoms with van der Waals surface area (Å²) in [4.78, 5) is 24.3. The quantitative estimate of drug-likeness (QED) is 0.367. The smallest absolute Gasteiger partial charge is 0.310 e. The number of esters is 1. The largest absolute Gasteiger partial charge is 0.469 e. The van der Waals surface area contributed by atoms with Crippen LogP contribution in [0, 0.1) is 10.1 Å². The number of halogens is 3. The minimum Gasteiger partial charge on any atom is -0.469 e. The van der Waals surface area contributed by atoms with Crippen molar-refractivity contribution in [3.8, 4) is 0 Å². The molecule has 9 heteroatoms.